The smallest absolute Gasteiger partial charge is 0.139 e. The Kier molecular flexibility index (Phi) is 3.55. The first-order valence-corrected chi connectivity index (χ1v) is 9.31. The molecular formula is C21H28O2. The third-order valence-electron chi connectivity index (χ3n) is 7.21. The standard InChI is InChI=1S/C21H28O2/c1-4-13-11-15(23-3)12-14-5-6-16-17(20(13)14)9-10-21(2)18(16)7-8-19(21)22/h11-12,16-18H,4-10H2,1-3H3/t16-,17+,18+,21+/m1/s1. The molecule has 3 aliphatic carbocycles. The molecule has 2 saturated carbocycles. The van der Waals surface area contributed by atoms with Gasteiger partial charge in [-0.3, -0.25) is 4.79 Å². The van der Waals surface area contributed by atoms with E-state index in [0.717, 1.165) is 37.9 Å². The Hall–Kier alpha value is -1.31. The quantitative estimate of drug-likeness (QED) is 0.792. The molecule has 4 atom stereocenters. The highest BCUT2D eigenvalue weighted by Crippen LogP contribution is 2.60. The molecule has 0 N–H and O–H groups in total. The van der Waals surface area contributed by atoms with Crippen molar-refractivity contribution in [1.29, 1.82) is 0 Å². The van der Waals surface area contributed by atoms with Crippen LogP contribution >= 0.6 is 0 Å². The minimum Gasteiger partial charge on any atom is -0.497 e. The van der Waals surface area contributed by atoms with E-state index in [9.17, 15) is 4.79 Å². The van der Waals surface area contributed by atoms with Gasteiger partial charge in [-0.2, -0.15) is 0 Å². The SMILES string of the molecule is CCc1cc(OC)cc2c1[C@H]1CC[C@]3(C)C(=O)CC[C@H]3[C@@H]1CC2. The first kappa shape index (κ1) is 15.2. The van der Waals surface area contributed by atoms with Crippen molar-refractivity contribution in [3.8, 4) is 5.75 Å². The van der Waals surface area contributed by atoms with Crippen LogP contribution in [0.5, 0.6) is 5.75 Å². The van der Waals surface area contributed by atoms with Crippen molar-refractivity contribution >= 4 is 5.78 Å². The first-order valence-electron chi connectivity index (χ1n) is 9.31. The maximum absolute atomic E-state index is 12.4. The maximum Gasteiger partial charge on any atom is 0.139 e. The molecule has 0 aromatic heterocycles. The highest BCUT2D eigenvalue weighted by molar-refractivity contribution is 5.87. The predicted octanol–water partition coefficient (Wildman–Crippen LogP) is 4.68. The number of rotatable bonds is 2. The van der Waals surface area contributed by atoms with Gasteiger partial charge in [0.2, 0.25) is 0 Å². The van der Waals surface area contributed by atoms with Crippen LogP contribution in [0.4, 0.5) is 0 Å². The minimum atomic E-state index is -0.0164. The van der Waals surface area contributed by atoms with Crippen LogP contribution in [0.25, 0.3) is 0 Å². The van der Waals surface area contributed by atoms with Gasteiger partial charge in [-0.05, 0) is 85.1 Å². The van der Waals surface area contributed by atoms with Crippen molar-refractivity contribution in [2.24, 2.45) is 17.3 Å². The molecule has 0 spiro atoms. The number of carbonyl (C=O) groups excluding carboxylic acids is 1. The van der Waals surface area contributed by atoms with E-state index in [4.69, 9.17) is 4.74 Å². The van der Waals surface area contributed by atoms with E-state index in [1.165, 1.54) is 24.0 Å². The topological polar surface area (TPSA) is 26.3 Å². The van der Waals surface area contributed by atoms with Crippen LogP contribution in [0.15, 0.2) is 12.1 Å². The lowest BCUT2D eigenvalue weighted by Gasteiger charge is -2.48. The molecule has 23 heavy (non-hydrogen) atoms. The average molecular weight is 312 g/mol. The lowest BCUT2D eigenvalue weighted by molar-refractivity contribution is -0.129. The van der Waals surface area contributed by atoms with Gasteiger partial charge in [0.05, 0.1) is 7.11 Å². The summed E-state index contributed by atoms with van der Waals surface area (Å²) in [4.78, 5) is 12.4. The Morgan fingerprint density at radius 2 is 2.04 bits per heavy atom. The van der Waals surface area contributed by atoms with Gasteiger partial charge in [0.1, 0.15) is 11.5 Å². The molecule has 4 rings (SSSR count). The van der Waals surface area contributed by atoms with Gasteiger partial charge in [-0.15, -0.1) is 0 Å². The van der Waals surface area contributed by atoms with Crippen LogP contribution in [0, 0.1) is 17.3 Å². The summed E-state index contributed by atoms with van der Waals surface area (Å²) in [5.74, 6) is 3.55. The highest BCUT2D eigenvalue weighted by atomic mass is 16.5. The molecular weight excluding hydrogens is 284 g/mol. The molecule has 0 aliphatic heterocycles. The molecule has 124 valence electrons. The molecule has 3 aliphatic rings. The molecule has 1 aromatic carbocycles. The molecule has 1 aromatic rings. The monoisotopic (exact) mass is 312 g/mol. The predicted molar refractivity (Wildman–Crippen MR) is 92.0 cm³/mol. The van der Waals surface area contributed by atoms with Crippen molar-refractivity contribution < 1.29 is 9.53 Å². The number of ketones is 1. The molecule has 0 saturated heterocycles. The second kappa shape index (κ2) is 5.36. The van der Waals surface area contributed by atoms with Crippen molar-refractivity contribution in [2.75, 3.05) is 7.11 Å². The molecule has 0 bridgehead atoms. The van der Waals surface area contributed by atoms with Crippen LogP contribution in [0.1, 0.15) is 68.6 Å². The maximum atomic E-state index is 12.4. The largest absolute Gasteiger partial charge is 0.497 e. The van der Waals surface area contributed by atoms with E-state index in [1.807, 2.05) is 0 Å². The lowest BCUT2D eigenvalue weighted by atomic mass is 9.55. The van der Waals surface area contributed by atoms with Gasteiger partial charge in [0, 0.05) is 11.8 Å². The molecule has 0 amide bonds. The number of Topliss-reactive ketones (excluding diaryl/α,β-unsaturated/α-hetero) is 1. The number of ether oxygens (including phenoxy) is 1. The average Bonchev–Trinajstić information content (AvgIpc) is 2.88. The molecule has 0 radical (unpaired) electrons. The van der Waals surface area contributed by atoms with Gasteiger partial charge < -0.3 is 4.74 Å². The molecule has 2 nitrogen and oxygen atoms in total. The molecule has 0 unspecified atom stereocenters. The van der Waals surface area contributed by atoms with Crippen molar-refractivity contribution in [3.05, 3.63) is 28.8 Å². The molecule has 2 fully saturated rings. The van der Waals surface area contributed by atoms with E-state index in [1.54, 1.807) is 12.7 Å². The number of aryl methyl sites for hydroxylation is 2. The van der Waals surface area contributed by atoms with Crippen molar-refractivity contribution in [2.45, 2.75) is 64.7 Å². The van der Waals surface area contributed by atoms with Crippen LogP contribution in [0.2, 0.25) is 0 Å². The van der Waals surface area contributed by atoms with Gasteiger partial charge in [-0.1, -0.05) is 13.8 Å². The summed E-state index contributed by atoms with van der Waals surface area (Å²) >= 11 is 0. The molecule has 2 heteroatoms. The zero-order valence-corrected chi connectivity index (χ0v) is 14.7. The summed E-state index contributed by atoms with van der Waals surface area (Å²) in [5.41, 5.74) is 4.58. The van der Waals surface area contributed by atoms with Crippen LogP contribution in [-0.4, -0.2) is 12.9 Å². The zero-order chi connectivity index (χ0) is 16.2. The van der Waals surface area contributed by atoms with Gasteiger partial charge in [0.15, 0.2) is 0 Å². The Bertz CT molecular complexity index is 630. The Balaban J connectivity index is 1.76. The number of benzene rings is 1. The summed E-state index contributed by atoms with van der Waals surface area (Å²) in [6.45, 7) is 4.51. The second-order valence-electron chi connectivity index (χ2n) is 8.05. The number of carbonyl (C=O) groups is 1. The summed E-state index contributed by atoms with van der Waals surface area (Å²) < 4.78 is 5.51. The first-order chi connectivity index (χ1) is 11.1. The van der Waals surface area contributed by atoms with E-state index < -0.39 is 0 Å². The van der Waals surface area contributed by atoms with E-state index in [2.05, 4.69) is 26.0 Å². The van der Waals surface area contributed by atoms with Crippen LogP contribution in [0.3, 0.4) is 0 Å². The zero-order valence-electron chi connectivity index (χ0n) is 14.7. The molecule has 0 heterocycles. The third kappa shape index (κ3) is 2.10. The summed E-state index contributed by atoms with van der Waals surface area (Å²) in [6, 6.07) is 4.51. The van der Waals surface area contributed by atoms with Crippen molar-refractivity contribution in [1.82, 2.24) is 0 Å². The fourth-order valence-corrected chi connectivity index (χ4v) is 5.98. The normalized spacial score (nSPS) is 35.4. The van der Waals surface area contributed by atoms with Crippen LogP contribution in [-0.2, 0) is 17.6 Å². The second-order valence-corrected chi connectivity index (χ2v) is 8.05. The number of fused-ring (bicyclic) bond motifs is 5. The van der Waals surface area contributed by atoms with Crippen molar-refractivity contribution in [3.63, 3.8) is 0 Å². The van der Waals surface area contributed by atoms with E-state index >= 15 is 0 Å². The summed E-state index contributed by atoms with van der Waals surface area (Å²) in [5, 5.41) is 0. The number of hydrogen-bond acceptors (Lipinski definition) is 2. The summed E-state index contributed by atoms with van der Waals surface area (Å²) in [7, 11) is 1.77. The lowest BCUT2D eigenvalue weighted by Crippen LogP contribution is -2.42. The summed E-state index contributed by atoms with van der Waals surface area (Å²) in [6.07, 6.45) is 7.71. The number of methoxy groups -OCH3 is 1. The van der Waals surface area contributed by atoms with E-state index in [-0.39, 0.29) is 5.41 Å². The number of hydrogen-bond donors (Lipinski definition) is 0. The van der Waals surface area contributed by atoms with Gasteiger partial charge in [0.25, 0.3) is 0 Å². The fraction of sp³-hybridized carbons (Fsp3) is 0.667. The van der Waals surface area contributed by atoms with Crippen LogP contribution < -0.4 is 4.74 Å². The highest BCUT2D eigenvalue weighted by Gasteiger charge is 2.54. The van der Waals surface area contributed by atoms with Gasteiger partial charge >= 0.3 is 0 Å². The van der Waals surface area contributed by atoms with E-state index in [0.29, 0.717) is 23.5 Å². The fourth-order valence-electron chi connectivity index (χ4n) is 5.98. The van der Waals surface area contributed by atoms with Gasteiger partial charge in [-0.25, -0.2) is 0 Å². The Morgan fingerprint density at radius 3 is 2.78 bits per heavy atom. The Labute approximate surface area is 139 Å². The minimum absolute atomic E-state index is 0.0164. The Morgan fingerprint density at radius 1 is 1.22 bits per heavy atom. The third-order valence-corrected chi connectivity index (χ3v) is 7.21.